The summed E-state index contributed by atoms with van der Waals surface area (Å²) in [7, 11) is 0. The average molecular weight is 361 g/mol. The highest BCUT2D eigenvalue weighted by atomic mass is 19.4. The summed E-state index contributed by atoms with van der Waals surface area (Å²) in [5.74, 6) is -2.20. The molecular weight excluding hydrogens is 343 g/mol. The van der Waals surface area contributed by atoms with E-state index in [1.807, 2.05) is 0 Å². The minimum atomic E-state index is -4.57. The number of aliphatic carboxylic acids is 1. The predicted octanol–water partition coefficient (Wildman–Crippen LogP) is 2.92. The summed E-state index contributed by atoms with van der Waals surface area (Å²) in [5.41, 5.74) is -1.08. The number of hydrogen-bond donors (Lipinski definition) is 2. The molecule has 6 nitrogen and oxygen atoms in total. The van der Waals surface area contributed by atoms with Gasteiger partial charge in [0.15, 0.2) is 6.10 Å². The Bertz CT molecular complexity index is 662. The van der Waals surface area contributed by atoms with Crippen molar-refractivity contribution in [1.29, 1.82) is 0 Å². The molecule has 1 aliphatic rings. The van der Waals surface area contributed by atoms with Crippen LogP contribution >= 0.6 is 0 Å². The van der Waals surface area contributed by atoms with Crippen LogP contribution in [-0.2, 0) is 20.5 Å². The fourth-order valence-electron chi connectivity index (χ4n) is 2.60. The second kappa shape index (κ2) is 7.30. The van der Waals surface area contributed by atoms with Crippen molar-refractivity contribution in [2.75, 3.05) is 11.9 Å². The molecular formula is C16H18F3NO5. The molecule has 1 saturated heterocycles. The molecule has 0 unspecified atom stereocenters. The van der Waals surface area contributed by atoms with E-state index < -0.39 is 35.8 Å². The summed E-state index contributed by atoms with van der Waals surface area (Å²) in [4.78, 5) is 23.3. The van der Waals surface area contributed by atoms with Crippen molar-refractivity contribution >= 4 is 17.6 Å². The van der Waals surface area contributed by atoms with Crippen molar-refractivity contribution in [2.24, 2.45) is 5.92 Å². The Morgan fingerprint density at radius 3 is 2.60 bits per heavy atom. The molecule has 0 saturated carbocycles. The number of halogens is 3. The molecule has 1 fully saturated rings. The second-order valence-corrected chi connectivity index (χ2v) is 5.73. The Hall–Kier alpha value is -2.29. The molecule has 1 aromatic carbocycles. The van der Waals surface area contributed by atoms with Crippen LogP contribution < -0.4 is 10.1 Å². The summed E-state index contributed by atoms with van der Waals surface area (Å²) in [6.45, 7) is 3.48. The van der Waals surface area contributed by atoms with Crippen molar-refractivity contribution in [3.63, 3.8) is 0 Å². The molecule has 2 N–H and O–H groups in total. The van der Waals surface area contributed by atoms with E-state index in [9.17, 15) is 22.8 Å². The van der Waals surface area contributed by atoms with Crippen LogP contribution in [0.5, 0.6) is 5.75 Å². The maximum atomic E-state index is 12.9. The minimum absolute atomic E-state index is 0.0877. The number of hydrogen-bond acceptors (Lipinski definition) is 4. The lowest BCUT2D eigenvalue weighted by atomic mass is 10.0. The van der Waals surface area contributed by atoms with Crippen LogP contribution in [0, 0.1) is 5.92 Å². The molecule has 1 heterocycles. The standard InChI is InChI=1S/C16H18F3NO5/c1-3-24-11-5-4-9(16(17,18)19)7-10(11)20-14(21)12-6-8(2)13(25-12)15(22)23/h4-5,7-8,12-13H,3,6H2,1-2H3,(H,20,21)(H,22,23)/t8-,12-,13-/m0/s1. The Morgan fingerprint density at radius 2 is 2.08 bits per heavy atom. The molecule has 1 aromatic rings. The highest BCUT2D eigenvalue weighted by Crippen LogP contribution is 2.36. The number of carbonyl (C=O) groups is 2. The summed E-state index contributed by atoms with van der Waals surface area (Å²) < 4.78 is 49.0. The fraction of sp³-hybridized carbons (Fsp3) is 0.500. The van der Waals surface area contributed by atoms with Gasteiger partial charge in [-0.05, 0) is 37.5 Å². The number of anilines is 1. The number of ether oxygens (including phenoxy) is 2. The SMILES string of the molecule is CCOc1ccc(C(F)(F)F)cc1NC(=O)[C@@H]1C[C@H](C)[C@@H](C(=O)O)O1. The predicted molar refractivity (Wildman–Crippen MR) is 81.3 cm³/mol. The van der Waals surface area contributed by atoms with Gasteiger partial charge >= 0.3 is 12.1 Å². The number of alkyl halides is 3. The van der Waals surface area contributed by atoms with Gasteiger partial charge in [-0.15, -0.1) is 0 Å². The van der Waals surface area contributed by atoms with E-state index in [4.69, 9.17) is 14.6 Å². The number of rotatable bonds is 5. The van der Waals surface area contributed by atoms with Crippen LogP contribution in [0.3, 0.4) is 0 Å². The van der Waals surface area contributed by atoms with E-state index in [2.05, 4.69) is 5.32 Å². The zero-order chi connectivity index (χ0) is 18.8. The van der Waals surface area contributed by atoms with Gasteiger partial charge < -0.3 is 19.9 Å². The lowest BCUT2D eigenvalue weighted by molar-refractivity contribution is -0.152. The monoisotopic (exact) mass is 361 g/mol. The van der Waals surface area contributed by atoms with Gasteiger partial charge in [-0.2, -0.15) is 13.2 Å². The third-order valence-corrected chi connectivity index (χ3v) is 3.81. The van der Waals surface area contributed by atoms with Crippen molar-refractivity contribution in [3.05, 3.63) is 23.8 Å². The van der Waals surface area contributed by atoms with Gasteiger partial charge in [0.05, 0.1) is 17.9 Å². The highest BCUT2D eigenvalue weighted by Gasteiger charge is 2.40. The summed E-state index contributed by atoms with van der Waals surface area (Å²) in [6, 6.07) is 2.76. The molecule has 1 amide bonds. The minimum Gasteiger partial charge on any atom is -0.492 e. The van der Waals surface area contributed by atoms with Gasteiger partial charge in [0.1, 0.15) is 11.9 Å². The van der Waals surface area contributed by atoms with Crippen LogP contribution in [0.15, 0.2) is 18.2 Å². The Kier molecular flexibility index (Phi) is 5.56. The molecule has 0 spiro atoms. The first-order chi connectivity index (χ1) is 11.6. The van der Waals surface area contributed by atoms with Gasteiger partial charge in [-0.1, -0.05) is 6.92 Å². The van der Waals surface area contributed by atoms with Gasteiger partial charge in [0, 0.05) is 0 Å². The first-order valence-corrected chi connectivity index (χ1v) is 7.66. The van der Waals surface area contributed by atoms with E-state index in [1.165, 1.54) is 0 Å². The van der Waals surface area contributed by atoms with E-state index in [1.54, 1.807) is 13.8 Å². The molecule has 25 heavy (non-hydrogen) atoms. The molecule has 138 valence electrons. The van der Waals surface area contributed by atoms with Crippen LogP contribution in [-0.4, -0.2) is 35.8 Å². The highest BCUT2D eigenvalue weighted by molar-refractivity contribution is 5.96. The van der Waals surface area contributed by atoms with Crippen LogP contribution in [0.4, 0.5) is 18.9 Å². The van der Waals surface area contributed by atoms with Crippen LogP contribution in [0.1, 0.15) is 25.8 Å². The third-order valence-electron chi connectivity index (χ3n) is 3.81. The quantitative estimate of drug-likeness (QED) is 0.842. The first-order valence-electron chi connectivity index (χ1n) is 7.66. The topological polar surface area (TPSA) is 84.9 Å². The first kappa shape index (κ1) is 19.0. The molecule has 1 aliphatic heterocycles. The summed E-state index contributed by atoms with van der Waals surface area (Å²) >= 11 is 0. The third kappa shape index (κ3) is 4.41. The maximum absolute atomic E-state index is 12.9. The normalized spacial score (nSPS) is 23.3. The zero-order valence-electron chi connectivity index (χ0n) is 13.6. The maximum Gasteiger partial charge on any atom is 0.416 e. The molecule has 3 atom stereocenters. The van der Waals surface area contributed by atoms with Crippen molar-refractivity contribution in [1.82, 2.24) is 0 Å². The van der Waals surface area contributed by atoms with Crippen molar-refractivity contribution in [2.45, 2.75) is 38.7 Å². The van der Waals surface area contributed by atoms with Crippen LogP contribution in [0.25, 0.3) is 0 Å². The number of carbonyl (C=O) groups excluding carboxylic acids is 1. The lowest BCUT2D eigenvalue weighted by Gasteiger charge is -2.16. The number of carboxylic acids is 1. The Balaban J connectivity index is 2.20. The summed E-state index contributed by atoms with van der Waals surface area (Å²) in [5, 5.41) is 11.4. The largest absolute Gasteiger partial charge is 0.492 e. The van der Waals surface area contributed by atoms with E-state index in [0.717, 1.165) is 18.2 Å². The molecule has 0 aliphatic carbocycles. The van der Waals surface area contributed by atoms with Crippen molar-refractivity contribution < 1.29 is 37.3 Å². The smallest absolute Gasteiger partial charge is 0.416 e. The van der Waals surface area contributed by atoms with Crippen LogP contribution in [0.2, 0.25) is 0 Å². The lowest BCUT2D eigenvalue weighted by Crippen LogP contribution is -2.30. The van der Waals surface area contributed by atoms with Gasteiger partial charge in [0.2, 0.25) is 0 Å². The Morgan fingerprint density at radius 1 is 1.40 bits per heavy atom. The molecule has 0 bridgehead atoms. The van der Waals surface area contributed by atoms with Gasteiger partial charge in [0.25, 0.3) is 5.91 Å². The Labute approximate surface area is 141 Å². The molecule has 0 radical (unpaired) electrons. The second-order valence-electron chi connectivity index (χ2n) is 5.73. The van der Waals surface area contributed by atoms with E-state index in [0.29, 0.717) is 0 Å². The summed E-state index contributed by atoms with van der Waals surface area (Å²) in [6.07, 6.45) is -6.59. The number of amides is 1. The van der Waals surface area contributed by atoms with Crippen molar-refractivity contribution in [3.8, 4) is 5.75 Å². The number of nitrogens with one attached hydrogen (secondary N) is 1. The van der Waals surface area contributed by atoms with Gasteiger partial charge in [-0.3, -0.25) is 4.79 Å². The van der Waals surface area contributed by atoms with E-state index in [-0.39, 0.29) is 30.4 Å². The molecule has 2 rings (SSSR count). The van der Waals surface area contributed by atoms with Gasteiger partial charge in [-0.25, -0.2) is 4.79 Å². The number of carboxylic acid groups (broad SMARTS) is 1. The number of benzene rings is 1. The fourth-order valence-corrected chi connectivity index (χ4v) is 2.60. The van der Waals surface area contributed by atoms with E-state index >= 15 is 0 Å². The average Bonchev–Trinajstić information content (AvgIpc) is 2.90. The molecule has 0 aromatic heterocycles. The zero-order valence-corrected chi connectivity index (χ0v) is 13.6. The molecule has 9 heteroatoms.